The molecule has 0 spiro atoms. The van der Waals surface area contributed by atoms with Crippen LogP contribution in [0.25, 0.3) is 0 Å². The molecule has 3 aliphatic rings. The molecule has 4 rings (SSSR count). The fourth-order valence-corrected chi connectivity index (χ4v) is 5.75. The quantitative estimate of drug-likeness (QED) is 0.393. The van der Waals surface area contributed by atoms with Gasteiger partial charge in [-0.25, -0.2) is 0 Å². The van der Waals surface area contributed by atoms with E-state index >= 15 is 0 Å². The van der Waals surface area contributed by atoms with E-state index in [4.69, 9.17) is 23.2 Å². The normalized spacial score (nSPS) is 22.9. The van der Waals surface area contributed by atoms with Gasteiger partial charge in [0, 0.05) is 25.6 Å². The lowest BCUT2D eigenvalue weighted by Crippen LogP contribution is -2.51. The molecule has 36 heavy (non-hydrogen) atoms. The Kier molecular flexibility index (Phi) is 8.73. The number of likely N-dealkylation sites (tertiary alicyclic amines) is 1. The second-order valence-electron chi connectivity index (χ2n) is 10.0. The first-order valence-electron chi connectivity index (χ1n) is 12.8. The Morgan fingerprint density at radius 3 is 2.28 bits per heavy atom. The fourth-order valence-electron chi connectivity index (χ4n) is 5.43. The average molecular weight is 534 g/mol. The third-order valence-electron chi connectivity index (χ3n) is 7.60. The smallest absolute Gasteiger partial charge is 0.242 e. The highest BCUT2D eigenvalue weighted by molar-refractivity contribution is 6.42. The summed E-state index contributed by atoms with van der Waals surface area (Å²) in [7, 11) is 0. The Hall–Kier alpha value is -2.38. The molecule has 1 aliphatic heterocycles. The van der Waals surface area contributed by atoms with Crippen LogP contribution in [0.5, 0.6) is 0 Å². The lowest BCUT2D eigenvalue weighted by molar-refractivity contribution is -0.144. The van der Waals surface area contributed by atoms with Crippen molar-refractivity contribution in [2.75, 3.05) is 6.54 Å². The van der Waals surface area contributed by atoms with Crippen LogP contribution in [0.1, 0.15) is 63.9 Å². The van der Waals surface area contributed by atoms with Crippen molar-refractivity contribution in [3.63, 3.8) is 0 Å². The van der Waals surface area contributed by atoms with Crippen LogP contribution in [-0.2, 0) is 25.7 Å². The molecule has 1 N–H and O–H groups in total. The van der Waals surface area contributed by atoms with Gasteiger partial charge in [-0.05, 0) is 50.3 Å². The van der Waals surface area contributed by atoms with Crippen LogP contribution in [0.3, 0.4) is 0 Å². The van der Waals surface area contributed by atoms with Gasteiger partial charge in [0.15, 0.2) is 0 Å². The zero-order valence-corrected chi connectivity index (χ0v) is 22.1. The molecule has 1 saturated carbocycles. The molecular formula is C27H33Cl2N3O4. The van der Waals surface area contributed by atoms with Crippen molar-refractivity contribution in [1.29, 1.82) is 0 Å². The van der Waals surface area contributed by atoms with Gasteiger partial charge >= 0.3 is 0 Å². The van der Waals surface area contributed by atoms with Gasteiger partial charge in [0.2, 0.25) is 23.6 Å². The standard InChI is InChI=1S/C27H33Cl2N3O4/c1-17(25(34)30-19-7-3-2-4-8-19)32(16-18-11-12-22(28)23(29)15-18)24(33)13-14-31-26(35)20-9-5-6-10-21(20)27(31)36/h5-6,11-12,15,17,19-21H,2-4,7-10,13-14,16H2,1H3,(H,30,34)/t17-,20-,21+/m1/s1. The molecule has 0 aromatic heterocycles. The zero-order valence-electron chi connectivity index (χ0n) is 20.6. The Morgan fingerprint density at radius 2 is 1.67 bits per heavy atom. The van der Waals surface area contributed by atoms with E-state index in [-0.39, 0.29) is 61.0 Å². The van der Waals surface area contributed by atoms with Crippen molar-refractivity contribution < 1.29 is 19.2 Å². The highest BCUT2D eigenvalue weighted by atomic mass is 35.5. The Labute approximate surface area is 222 Å². The highest BCUT2D eigenvalue weighted by Gasteiger charge is 2.47. The first-order valence-corrected chi connectivity index (χ1v) is 13.6. The maximum atomic E-state index is 13.4. The lowest BCUT2D eigenvalue weighted by Gasteiger charge is -2.31. The Morgan fingerprint density at radius 1 is 1.03 bits per heavy atom. The average Bonchev–Trinajstić information content (AvgIpc) is 3.12. The van der Waals surface area contributed by atoms with Crippen LogP contribution < -0.4 is 5.32 Å². The van der Waals surface area contributed by atoms with Crippen LogP contribution in [0.4, 0.5) is 0 Å². The molecule has 1 aromatic carbocycles. The minimum Gasteiger partial charge on any atom is -0.352 e. The van der Waals surface area contributed by atoms with Crippen molar-refractivity contribution in [2.24, 2.45) is 11.8 Å². The van der Waals surface area contributed by atoms with Gasteiger partial charge in [-0.3, -0.25) is 24.1 Å². The molecule has 1 saturated heterocycles. The number of benzene rings is 1. The minimum atomic E-state index is -0.731. The predicted octanol–water partition coefficient (Wildman–Crippen LogP) is 4.50. The number of carbonyl (C=O) groups excluding carboxylic acids is 4. The van der Waals surface area contributed by atoms with Gasteiger partial charge in [0.25, 0.3) is 0 Å². The number of hydrogen-bond donors (Lipinski definition) is 1. The summed E-state index contributed by atoms with van der Waals surface area (Å²) in [5.74, 6) is -1.58. The van der Waals surface area contributed by atoms with Crippen LogP contribution in [0.15, 0.2) is 30.4 Å². The van der Waals surface area contributed by atoms with Gasteiger partial charge in [-0.1, -0.05) is 60.7 Å². The maximum Gasteiger partial charge on any atom is 0.242 e. The number of fused-ring (bicyclic) bond motifs is 1. The number of hydrogen-bond acceptors (Lipinski definition) is 4. The van der Waals surface area contributed by atoms with Crippen molar-refractivity contribution >= 4 is 46.8 Å². The number of halogens is 2. The lowest BCUT2D eigenvalue weighted by atomic mass is 9.85. The van der Waals surface area contributed by atoms with Crippen LogP contribution in [0.2, 0.25) is 10.0 Å². The van der Waals surface area contributed by atoms with Gasteiger partial charge in [0.1, 0.15) is 6.04 Å². The molecule has 194 valence electrons. The molecule has 0 unspecified atom stereocenters. The molecule has 7 nitrogen and oxygen atoms in total. The second-order valence-corrected chi connectivity index (χ2v) is 10.8. The molecule has 2 aliphatic carbocycles. The number of nitrogens with zero attached hydrogens (tertiary/aromatic N) is 2. The molecule has 9 heteroatoms. The third-order valence-corrected chi connectivity index (χ3v) is 8.34. The van der Waals surface area contributed by atoms with E-state index in [2.05, 4.69) is 5.32 Å². The summed E-state index contributed by atoms with van der Waals surface area (Å²) in [4.78, 5) is 54.9. The summed E-state index contributed by atoms with van der Waals surface area (Å²) in [6, 6.07) is 4.50. The molecule has 0 bridgehead atoms. The zero-order chi connectivity index (χ0) is 25.8. The van der Waals surface area contributed by atoms with E-state index in [0.29, 0.717) is 22.9 Å². The largest absolute Gasteiger partial charge is 0.352 e. The predicted molar refractivity (Wildman–Crippen MR) is 138 cm³/mol. The molecule has 0 radical (unpaired) electrons. The summed E-state index contributed by atoms with van der Waals surface area (Å²) in [6.07, 6.45) is 10.2. The maximum absolute atomic E-state index is 13.4. The molecule has 4 amide bonds. The highest BCUT2D eigenvalue weighted by Crippen LogP contribution is 2.35. The van der Waals surface area contributed by atoms with E-state index in [0.717, 1.165) is 31.2 Å². The number of imide groups is 1. The van der Waals surface area contributed by atoms with Crippen molar-refractivity contribution in [3.8, 4) is 0 Å². The van der Waals surface area contributed by atoms with Crippen molar-refractivity contribution in [2.45, 2.75) is 76.9 Å². The molecule has 3 atom stereocenters. The van der Waals surface area contributed by atoms with E-state index < -0.39 is 6.04 Å². The first-order chi connectivity index (χ1) is 17.3. The first kappa shape index (κ1) is 26.7. The van der Waals surface area contributed by atoms with Gasteiger partial charge in [0.05, 0.1) is 21.9 Å². The van der Waals surface area contributed by atoms with Crippen LogP contribution >= 0.6 is 23.2 Å². The van der Waals surface area contributed by atoms with E-state index in [1.165, 1.54) is 16.2 Å². The summed E-state index contributed by atoms with van der Waals surface area (Å²) < 4.78 is 0. The van der Waals surface area contributed by atoms with Gasteiger partial charge in [-0.2, -0.15) is 0 Å². The van der Waals surface area contributed by atoms with Crippen molar-refractivity contribution in [1.82, 2.24) is 15.1 Å². The summed E-state index contributed by atoms with van der Waals surface area (Å²) in [6.45, 7) is 1.88. The van der Waals surface area contributed by atoms with E-state index in [1.54, 1.807) is 25.1 Å². The number of nitrogens with one attached hydrogen (secondary N) is 1. The second kappa shape index (κ2) is 11.8. The van der Waals surface area contributed by atoms with Crippen LogP contribution in [-0.4, -0.2) is 52.1 Å². The minimum absolute atomic E-state index is 0.0122. The number of allylic oxidation sites excluding steroid dienone is 2. The number of amides is 4. The van der Waals surface area contributed by atoms with Gasteiger partial charge in [-0.15, -0.1) is 0 Å². The topological polar surface area (TPSA) is 86.8 Å². The monoisotopic (exact) mass is 533 g/mol. The number of carbonyl (C=O) groups is 4. The Balaban J connectivity index is 1.46. The molecule has 1 heterocycles. The van der Waals surface area contributed by atoms with E-state index in [1.807, 2.05) is 12.2 Å². The summed E-state index contributed by atoms with van der Waals surface area (Å²) >= 11 is 12.2. The summed E-state index contributed by atoms with van der Waals surface area (Å²) in [5, 5.41) is 3.87. The number of rotatable bonds is 8. The third kappa shape index (κ3) is 5.94. The van der Waals surface area contributed by atoms with E-state index in [9.17, 15) is 19.2 Å². The van der Waals surface area contributed by atoms with Gasteiger partial charge < -0.3 is 10.2 Å². The molecular weight excluding hydrogens is 501 g/mol. The van der Waals surface area contributed by atoms with Crippen LogP contribution in [0, 0.1) is 11.8 Å². The SMILES string of the molecule is C[C@H](C(=O)NC1CCCCC1)N(Cc1ccc(Cl)c(Cl)c1)C(=O)CCN1C(=O)[C@H]2CC=CC[C@H]2C1=O. The van der Waals surface area contributed by atoms with Crippen molar-refractivity contribution in [3.05, 3.63) is 46.0 Å². The fraction of sp³-hybridized carbons (Fsp3) is 0.556. The summed E-state index contributed by atoms with van der Waals surface area (Å²) in [5.41, 5.74) is 0.737. The Bertz CT molecular complexity index is 1030. The molecule has 2 fully saturated rings. The molecule has 1 aromatic rings.